The Morgan fingerprint density at radius 3 is 2.94 bits per heavy atom. The summed E-state index contributed by atoms with van der Waals surface area (Å²) in [5.74, 6) is 0.966. The van der Waals surface area contributed by atoms with Gasteiger partial charge in [0.05, 0.1) is 5.69 Å². The van der Waals surface area contributed by atoms with E-state index in [0.717, 1.165) is 30.9 Å². The number of carbonyl (C=O) groups excluding carboxylic acids is 1. The van der Waals surface area contributed by atoms with Crippen LogP contribution in [-0.2, 0) is 17.6 Å². The number of hydrogen-bond donors (Lipinski definition) is 1. The van der Waals surface area contributed by atoms with Crippen LogP contribution in [0.1, 0.15) is 30.2 Å². The lowest BCUT2D eigenvalue weighted by Crippen LogP contribution is -2.41. The van der Waals surface area contributed by atoms with Gasteiger partial charge in [0, 0.05) is 13.0 Å². The Morgan fingerprint density at radius 2 is 2.33 bits per heavy atom. The van der Waals surface area contributed by atoms with Gasteiger partial charge in [-0.2, -0.15) is 0 Å². The predicted molar refractivity (Wildman–Crippen MR) is 72.9 cm³/mol. The smallest absolute Gasteiger partial charge is 0.410 e. The van der Waals surface area contributed by atoms with Gasteiger partial charge in [0.2, 0.25) is 0 Å². The van der Waals surface area contributed by atoms with Crippen molar-refractivity contribution in [2.75, 3.05) is 11.4 Å². The van der Waals surface area contributed by atoms with Gasteiger partial charge >= 0.3 is 7.05 Å². The summed E-state index contributed by atoms with van der Waals surface area (Å²) in [5, 5.41) is 9.81. The summed E-state index contributed by atoms with van der Waals surface area (Å²) in [4.78, 5) is 17.7. The molecule has 0 atom stereocenters. The van der Waals surface area contributed by atoms with Gasteiger partial charge in [-0.1, -0.05) is 0 Å². The molecule has 0 aliphatic carbocycles. The van der Waals surface area contributed by atoms with Crippen molar-refractivity contribution in [3.05, 3.63) is 22.9 Å². The fraction of sp³-hybridized carbons (Fsp3) is 0.538. The Kier molecular flexibility index (Phi) is 3.71. The second kappa shape index (κ2) is 5.10. The molecular weight excluding hydrogens is 227 g/mol. The Morgan fingerprint density at radius 1 is 1.61 bits per heavy atom. The van der Waals surface area contributed by atoms with Gasteiger partial charge in [-0.25, -0.2) is 4.98 Å². The molecule has 2 heterocycles. The van der Waals surface area contributed by atoms with Crippen molar-refractivity contribution in [1.29, 1.82) is 0 Å². The predicted octanol–water partition coefficient (Wildman–Crippen LogP) is 1.38. The number of pyridine rings is 1. The van der Waals surface area contributed by atoms with E-state index in [9.17, 15) is 9.82 Å². The largest absolute Gasteiger partial charge is 0.432 e. The summed E-state index contributed by atoms with van der Waals surface area (Å²) >= 11 is 0. The minimum Gasteiger partial charge on any atom is -0.432 e. The van der Waals surface area contributed by atoms with E-state index in [1.54, 1.807) is 13.7 Å². The first-order valence-corrected chi connectivity index (χ1v) is 6.42. The molecule has 0 amide bonds. The summed E-state index contributed by atoms with van der Waals surface area (Å²) in [5.41, 5.74) is 3.17. The van der Waals surface area contributed by atoms with Crippen LogP contribution >= 0.6 is 0 Å². The van der Waals surface area contributed by atoms with Crippen molar-refractivity contribution in [2.24, 2.45) is 0 Å². The van der Waals surface area contributed by atoms with Crippen molar-refractivity contribution in [3.63, 3.8) is 0 Å². The number of fused-ring (bicyclic) bond motifs is 1. The Hall–Kier alpha value is -1.36. The highest BCUT2D eigenvalue weighted by molar-refractivity contribution is 6.53. The van der Waals surface area contributed by atoms with Gasteiger partial charge in [-0.05, 0) is 50.7 Å². The number of nitrogens with zero attached hydrogens (tertiary/aromatic N) is 2. The number of aromatic nitrogens is 1. The van der Waals surface area contributed by atoms with Crippen LogP contribution in [-0.4, -0.2) is 29.4 Å². The maximum Gasteiger partial charge on any atom is 0.410 e. The highest BCUT2D eigenvalue weighted by Crippen LogP contribution is 2.29. The fourth-order valence-electron chi connectivity index (χ4n) is 2.54. The minimum atomic E-state index is -0.538. The third kappa shape index (κ3) is 2.56. The Balaban J connectivity index is 2.44. The molecule has 1 aromatic rings. The first-order chi connectivity index (χ1) is 8.49. The topological polar surface area (TPSA) is 53.4 Å². The monoisotopic (exact) mass is 246 g/mol. The SMILES string of the molecule is CB(O)N1CCCc2c(C)cc(CC(C)=O)nc21. The molecule has 0 unspecified atom stereocenters. The molecule has 5 heteroatoms. The Bertz CT molecular complexity index is 474. The Labute approximate surface area is 108 Å². The van der Waals surface area contributed by atoms with Crippen molar-refractivity contribution in [1.82, 2.24) is 4.98 Å². The molecule has 2 rings (SSSR count). The zero-order valence-electron chi connectivity index (χ0n) is 11.2. The van der Waals surface area contributed by atoms with E-state index >= 15 is 0 Å². The number of hydrogen-bond acceptors (Lipinski definition) is 4. The minimum absolute atomic E-state index is 0.112. The van der Waals surface area contributed by atoms with Gasteiger partial charge < -0.3 is 9.83 Å². The number of ketones is 1. The molecule has 18 heavy (non-hydrogen) atoms. The lowest BCUT2D eigenvalue weighted by Gasteiger charge is -2.32. The molecule has 0 radical (unpaired) electrons. The van der Waals surface area contributed by atoms with Crippen molar-refractivity contribution >= 4 is 18.7 Å². The summed E-state index contributed by atoms with van der Waals surface area (Å²) in [7, 11) is -0.538. The molecule has 1 aliphatic heterocycles. The van der Waals surface area contributed by atoms with Gasteiger partial charge in [0.1, 0.15) is 11.6 Å². The molecule has 4 nitrogen and oxygen atoms in total. The number of Topliss-reactive ketones (excluding diaryl/α,β-unsaturated/α-hetero) is 1. The second-order valence-corrected chi connectivity index (χ2v) is 5.04. The maximum atomic E-state index is 11.2. The highest BCUT2D eigenvalue weighted by Gasteiger charge is 2.26. The van der Waals surface area contributed by atoms with E-state index in [2.05, 4.69) is 11.9 Å². The number of carbonyl (C=O) groups is 1. The molecule has 0 bridgehead atoms. The van der Waals surface area contributed by atoms with E-state index in [0.29, 0.717) is 6.42 Å². The normalized spacial score (nSPS) is 14.3. The van der Waals surface area contributed by atoms with Gasteiger partial charge in [0.25, 0.3) is 0 Å². The van der Waals surface area contributed by atoms with E-state index in [4.69, 9.17) is 0 Å². The molecule has 0 aromatic carbocycles. The van der Waals surface area contributed by atoms with Crippen molar-refractivity contribution in [2.45, 2.75) is 39.9 Å². The molecular formula is C13H19BN2O2. The van der Waals surface area contributed by atoms with E-state index in [-0.39, 0.29) is 5.78 Å². The average molecular weight is 246 g/mol. The molecule has 0 saturated heterocycles. The van der Waals surface area contributed by atoms with E-state index < -0.39 is 7.05 Å². The van der Waals surface area contributed by atoms with Crippen LogP contribution in [0.15, 0.2) is 6.07 Å². The van der Waals surface area contributed by atoms with Crippen LogP contribution in [0, 0.1) is 6.92 Å². The summed E-state index contributed by atoms with van der Waals surface area (Å²) in [6, 6.07) is 1.99. The average Bonchev–Trinajstić information content (AvgIpc) is 2.27. The van der Waals surface area contributed by atoms with E-state index in [1.165, 1.54) is 11.1 Å². The van der Waals surface area contributed by atoms with Crippen LogP contribution in [0.25, 0.3) is 0 Å². The van der Waals surface area contributed by atoms with E-state index in [1.807, 2.05) is 10.9 Å². The van der Waals surface area contributed by atoms with Gasteiger partial charge in [0.15, 0.2) is 0 Å². The van der Waals surface area contributed by atoms with Gasteiger partial charge in [-0.3, -0.25) is 4.79 Å². The molecule has 1 aliphatic rings. The van der Waals surface area contributed by atoms with Crippen LogP contribution in [0.4, 0.5) is 5.82 Å². The third-order valence-electron chi connectivity index (χ3n) is 3.36. The first kappa shape index (κ1) is 13.1. The highest BCUT2D eigenvalue weighted by atomic mass is 16.2. The standard InChI is InChI=1S/C13H19BN2O2/c1-9-7-11(8-10(2)17)15-13-12(9)5-4-6-16(13)14(3)18/h7,18H,4-6,8H2,1-3H3. The molecule has 1 N–H and O–H groups in total. The lowest BCUT2D eigenvalue weighted by atomic mass is 9.81. The number of anilines is 1. The maximum absolute atomic E-state index is 11.2. The summed E-state index contributed by atoms with van der Waals surface area (Å²) in [6.07, 6.45) is 2.39. The van der Waals surface area contributed by atoms with Crippen LogP contribution in [0.2, 0.25) is 6.82 Å². The van der Waals surface area contributed by atoms with Crippen molar-refractivity contribution < 1.29 is 9.82 Å². The third-order valence-corrected chi connectivity index (χ3v) is 3.36. The molecule has 0 fully saturated rings. The number of aryl methyl sites for hydroxylation is 1. The van der Waals surface area contributed by atoms with Crippen LogP contribution in [0.5, 0.6) is 0 Å². The van der Waals surface area contributed by atoms with Crippen LogP contribution in [0.3, 0.4) is 0 Å². The van der Waals surface area contributed by atoms with Crippen LogP contribution < -0.4 is 4.81 Å². The first-order valence-electron chi connectivity index (χ1n) is 6.42. The number of rotatable bonds is 3. The zero-order chi connectivity index (χ0) is 13.3. The fourth-order valence-corrected chi connectivity index (χ4v) is 2.54. The second-order valence-electron chi connectivity index (χ2n) is 5.04. The van der Waals surface area contributed by atoms with Crippen molar-refractivity contribution in [3.8, 4) is 0 Å². The molecule has 96 valence electrons. The molecule has 0 saturated carbocycles. The van der Waals surface area contributed by atoms with Gasteiger partial charge in [-0.15, -0.1) is 0 Å². The zero-order valence-corrected chi connectivity index (χ0v) is 11.2. The lowest BCUT2D eigenvalue weighted by molar-refractivity contribution is -0.116. The molecule has 1 aromatic heterocycles. The quantitative estimate of drug-likeness (QED) is 0.818. The summed E-state index contributed by atoms with van der Waals surface area (Å²) in [6.45, 7) is 6.20. The molecule has 0 spiro atoms. The summed E-state index contributed by atoms with van der Waals surface area (Å²) < 4.78 is 0.